The van der Waals surface area contributed by atoms with Crippen molar-refractivity contribution >= 4 is 51.0 Å². The number of carboxylic acid groups (broad SMARTS) is 1. The first kappa shape index (κ1) is 19.0. The number of hydrogen-bond acceptors (Lipinski definition) is 4. The van der Waals surface area contributed by atoms with Gasteiger partial charge in [0.25, 0.3) is 0 Å². The lowest BCUT2D eigenvalue weighted by Gasteiger charge is -2.06. The molecular formula is C18H14BrNO4S. The predicted octanol–water partition coefficient (Wildman–Crippen LogP) is 4.00. The van der Waals surface area contributed by atoms with Crippen LogP contribution in [0.4, 0.5) is 5.69 Å². The highest BCUT2D eigenvalue weighted by Crippen LogP contribution is 2.23. The van der Waals surface area contributed by atoms with Gasteiger partial charge in [0, 0.05) is 32.8 Å². The molecule has 0 spiro atoms. The summed E-state index contributed by atoms with van der Waals surface area (Å²) in [5.74, 6) is -1.43. The van der Waals surface area contributed by atoms with Crippen molar-refractivity contribution in [3.05, 3.63) is 70.7 Å². The lowest BCUT2D eigenvalue weighted by molar-refractivity contribution is -0.131. The molecule has 2 aromatic rings. The number of carbonyl (C=O) groups excluding carboxylic acids is 2. The second kappa shape index (κ2) is 9.19. The number of benzene rings is 2. The van der Waals surface area contributed by atoms with Crippen molar-refractivity contribution in [2.45, 2.75) is 4.90 Å². The molecule has 0 atom stereocenters. The molecule has 0 bridgehead atoms. The molecule has 2 N–H and O–H groups in total. The zero-order valence-electron chi connectivity index (χ0n) is 12.9. The van der Waals surface area contributed by atoms with Crippen LogP contribution in [-0.4, -0.2) is 28.5 Å². The Bertz CT molecular complexity index is 818. The fourth-order valence-corrected chi connectivity index (χ4v) is 2.98. The maximum absolute atomic E-state index is 12.2. The Balaban J connectivity index is 1.94. The van der Waals surface area contributed by atoms with Crippen LogP contribution in [0.1, 0.15) is 10.4 Å². The normalized spacial score (nSPS) is 10.6. The lowest BCUT2D eigenvalue weighted by Crippen LogP contribution is -2.08. The van der Waals surface area contributed by atoms with Gasteiger partial charge in [-0.1, -0.05) is 34.1 Å². The van der Waals surface area contributed by atoms with Gasteiger partial charge in [0.15, 0.2) is 5.78 Å². The quantitative estimate of drug-likeness (QED) is 0.402. The number of Topliss-reactive ketones (excluding diaryl/α,β-unsaturated/α-hetero) is 1. The van der Waals surface area contributed by atoms with E-state index in [-0.39, 0.29) is 11.5 Å². The summed E-state index contributed by atoms with van der Waals surface area (Å²) in [7, 11) is 0. The third kappa shape index (κ3) is 6.56. The van der Waals surface area contributed by atoms with E-state index in [1.165, 1.54) is 11.8 Å². The van der Waals surface area contributed by atoms with Gasteiger partial charge in [-0.15, -0.1) is 11.8 Å². The number of hydrogen-bond donors (Lipinski definition) is 2. The van der Waals surface area contributed by atoms with Crippen LogP contribution in [0.3, 0.4) is 0 Å². The standard InChI is InChI=1S/C18H14BrNO4S/c19-13-6-4-12(5-7-13)16(21)11-25-15-3-1-2-14(10-15)20-17(22)8-9-18(23)24/h1-10H,11H2,(H,20,22)(H,23,24)/b9-8+. The fraction of sp³-hybridized carbons (Fsp3) is 0.0556. The van der Waals surface area contributed by atoms with Crippen LogP contribution in [0, 0.1) is 0 Å². The minimum atomic E-state index is -1.19. The van der Waals surface area contributed by atoms with Gasteiger partial charge in [-0.2, -0.15) is 0 Å². The number of ketones is 1. The highest BCUT2D eigenvalue weighted by atomic mass is 79.9. The molecule has 2 rings (SSSR count). The Morgan fingerprint density at radius 1 is 1.08 bits per heavy atom. The molecule has 0 saturated carbocycles. The summed E-state index contributed by atoms with van der Waals surface area (Å²) in [6.45, 7) is 0. The summed E-state index contributed by atoms with van der Waals surface area (Å²) >= 11 is 4.69. The van der Waals surface area contributed by atoms with Crippen molar-refractivity contribution < 1.29 is 19.5 Å². The molecule has 5 nitrogen and oxygen atoms in total. The molecule has 1 amide bonds. The average Bonchev–Trinajstić information content (AvgIpc) is 2.59. The second-order valence-electron chi connectivity index (χ2n) is 4.91. The number of thioether (sulfide) groups is 1. The molecule has 0 aromatic heterocycles. The van der Waals surface area contributed by atoms with Crippen LogP contribution in [-0.2, 0) is 9.59 Å². The van der Waals surface area contributed by atoms with E-state index in [0.29, 0.717) is 11.3 Å². The molecule has 0 radical (unpaired) electrons. The SMILES string of the molecule is O=C(O)/C=C/C(=O)Nc1cccc(SCC(=O)c2ccc(Br)cc2)c1. The van der Waals surface area contributed by atoms with Crippen LogP contribution in [0.5, 0.6) is 0 Å². The van der Waals surface area contributed by atoms with Crippen molar-refractivity contribution in [1.82, 2.24) is 0 Å². The Morgan fingerprint density at radius 2 is 1.80 bits per heavy atom. The van der Waals surface area contributed by atoms with Gasteiger partial charge >= 0.3 is 5.97 Å². The number of halogens is 1. The molecule has 0 saturated heterocycles. The molecule has 128 valence electrons. The van der Waals surface area contributed by atoms with Crippen molar-refractivity contribution in [3.8, 4) is 0 Å². The predicted molar refractivity (Wildman–Crippen MR) is 101 cm³/mol. The molecule has 25 heavy (non-hydrogen) atoms. The highest BCUT2D eigenvalue weighted by Gasteiger charge is 2.07. The molecule has 2 aromatic carbocycles. The average molecular weight is 420 g/mol. The van der Waals surface area contributed by atoms with Crippen LogP contribution in [0.25, 0.3) is 0 Å². The summed E-state index contributed by atoms with van der Waals surface area (Å²) in [6, 6.07) is 14.2. The van der Waals surface area contributed by atoms with Gasteiger partial charge in [-0.3, -0.25) is 9.59 Å². The van der Waals surface area contributed by atoms with Crippen molar-refractivity contribution in [3.63, 3.8) is 0 Å². The zero-order chi connectivity index (χ0) is 18.2. The van der Waals surface area contributed by atoms with Crippen LogP contribution >= 0.6 is 27.7 Å². The topological polar surface area (TPSA) is 83.5 Å². The Hall–Kier alpha value is -2.38. The summed E-state index contributed by atoms with van der Waals surface area (Å²) in [6.07, 6.45) is 1.71. The molecule has 0 aliphatic rings. The molecule has 0 unspecified atom stereocenters. The monoisotopic (exact) mass is 419 g/mol. The smallest absolute Gasteiger partial charge is 0.328 e. The number of carboxylic acids is 1. The van der Waals surface area contributed by atoms with E-state index in [2.05, 4.69) is 21.2 Å². The van der Waals surface area contributed by atoms with Crippen LogP contribution in [0.15, 0.2) is 70.1 Å². The first-order valence-electron chi connectivity index (χ1n) is 7.17. The molecule has 0 aliphatic carbocycles. The van der Waals surface area contributed by atoms with Gasteiger partial charge in [-0.05, 0) is 30.3 Å². The fourth-order valence-electron chi connectivity index (χ4n) is 1.86. The van der Waals surface area contributed by atoms with E-state index in [4.69, 9.17) is 5.11 Å². The second-order valence-corrected chi connectivity index (χ2v) is 6.87. The number of anilines is 1. The number of aliphatic carboxylic acids is 1. The Morgan fingerprint density at radius 3 is 2.48 bits per heavy atom. The van der Waals surface area contributed by atoms with Crippen LogP contribution in [0.2, 0.25) is 0 Å². The summed E-state index contributed by atoms with van der Waals surface area (Å²) in [5, 5.41) is 11.1. The zero-order valence-corrected chi connectivity index (χ0v) is 15.3. The molecule has 7 heteroatoms. The highest BCUT2D eigenvalue weighted by molar-refractivity contribution is 9.10. The lowest BCUT2D eigenvalue weighted by atomic mass is 10.2. The van der Waals surface area contributed by atoms with Gasteiger partial charge in [-0.25, -0.2) is 4.79 Å². The number of amides is 1. The number of nitrogens with one attached hydrogen (secondary N) is 1. The minimum Gasteiger partial charge on any atom is -0.478 e. The molecule has 0 fully saturated rings. The van der Waals surface area contributed by atoms with E-state index >= 15 is 0 Å². The number of rotatable bonds is 7. The first-order chi connectivity index (χ1) is 11.9. The maximum atomic E-state index is 12.2. The van der Waals surface area contributed by atoms with Gasteiger partial charge in [0.2, 0.25) is 5.91 Å². The number of carbonyl (C=O) groups is 3. The van der Waals surface area contributed by atoms with Gasteiger partial charge in [0.1, 0.15) is 0 Å². The third-order valence-electron chi connectivity index (χ3n) is 3.01. The Labute approximate surface area is 157 Å². The van der Waals surface area contributed by atoms with E-state index in [0.717, 1.165) is 21.5 Å². The summed E-state index contributed by atoms with van der Waals surface area (Å²) in [4.78, 5) is 35.0. The van der Waals surface area contributed by atoms with E-state index < -0.39 is 11.9 Å². The van der Waals surface area contributed by atoms with Gasteiger partial charge in [0.05, 0.1) is 5.75 Å². The first-order valence-corrected chi connectivity index (χ1v) is 8.95. The molecule has 0 heterocycles. The summed E-state index contributed by atoms with van der Waals surface area (Å²) < 4.78 is 0.914. The van der Waals surface area contributed by atoms with Gasteiger partial charge < -0.3 is 10.4 Å². The minimum absolute atomic E-state index is 0.0105. The van der Waals surface area contributed by atoms with E-state index in [1.54, 1.807) is 30.3 Å². The summed E-state index contributed by atoms with van der Waals surface area (Å²) in [5.41, 5.74) is 1.17. The Kier molecular flexibility index (Phi) is 6.97. The molecular weight excluding hydrogens is 406 g/mol. The van der Waals surface area contributed by atoms with E-state index in [1.807, 2.05) is 18.2 Å². The van der Waals surface area contributed by atoms with Crippen molar-refractivity contribution in [2.24, 2.45) is 0 Å². The molecule has 0 aliphatic heterocycles. The van der Waals surface area contributed by atoms with Crippen molar-refractivity contribution in [1.29, 1.82) is 0 Å². The third-order valence-corrected chi connectivity index (χ3v) is 4.54. The maximum Gasteiger partial charge on any atom is 0.328 e. The van der Waals surface area contributed by atoms with Crippen LogP contribution < -0.4 is 5.32 Å². The van der Waals surface area contributed by atoms with Crippen molar-refractivity contribution in [2.75, 3.05) is 11.1 Å². The largest absolute Gasteiger partial charge is 0.478 e. The van der Waals surface area contributed by atoms with E-state index in [9.17, 15) is 14.4 Å².